The molecule has 4 aromatic rings. The van der Waals surface area contributed by atoms with E-state index in [1.54, 1.807) is 48.7 Å². The first-order valence-corrected chi connectivity index (χ1v) is 11.0. The monoisotopic (exact) mass is 512 g/mol. The first-order valence-electron chi connectivity index (χ1n) is 11.0. The van der Waals surface area contributed by atoms with Gasteiger partial charge in [0.15, 0.2) is 0 Å². The summed E-state index contributed by atoms with van der Waals surface area (Å²) in [6.45, 7) is 0. The molecule has 2 aromatic carbocycles. The molecule has 0 atom stereocenters. The largest absolute Gasteiger partial charge is 0.465 e. The Kier molecular flexibility index (Phi) is 7.37. The van der Waals surface area contributed by atoms with Gasteiger partial charge < -0.3 is 14.5 Å². The van der Waals surface area contributed by atoms with E-state index in [4.69, 9.17) is 9.47 Å². The molecular weight excluding hydrogens is 492 g/mol. The minimum absolute atomic E-state index is 0.00619. The number of nitrogens with zero attached hydrogens (tertiary/aromatic N) is 1. The predicted octanol–water partition coefficient (Wildman–Crippen LogP) is 6.17. The summed E-state index contributed by atoms with van der Waals surface area (Å²) < 4.78 is 62.7. The van der Waals surface area contributed by atoms with Gasteiger partial charge in [0.2, 0.25) is 0 Å². The number of carbonyl (C=O) groups is 2. The zero-order chi connectivity index (χ0) is 26.6. The molecule has 0 bridgehead atoms. The fourth-order valence-corrected chi connectivity index (χ4v) is 3.63. The van der Waals surface area contributed by atoms with E-state index in [-0.39, 0.29) is 24.2 Å². The maximum atomic E-state index is 13.5. The number of methoxy groups -OCH3 is 1. The highest BCUT2D eigenvalue weighted by atomic mass is 19.4. The summed E-state index contributed by atoms with van der Waals surface area (Å²) in [5.41, 5.74) is 0.850. The summed E-state index contributed by atoms with van der Waals surface area (Å²) in [6, 6.07) is 14.2. The number of aromatic amines is 1. The van der Waals surface area contributed by atoms with E-state index in [9.17, 15) is 27.2 Å². The SMILES string of the molecule is COC(=O)c1c[nH]c(-c2cc(Oc3ccc(CC(=O)Cc4ccc(F)c(C(F)(F)F)c4)cc3)ccn2)c1. The predicted molar refractivity (Wildman–Crippen MR) is 126 cm³/mol. The quantitative estimate of drug-likeness (QED) is 0.226. The Morgan fingerprint density at radius 2 is 1.62 bits per heavy atom. The van der Waals surface area contributed by atoms with Gasteiger partial charge in [-0.3, -0.25) is 9.78 Å². The van der Waals surface area contributed by atoms with E-state index >= 15 is 0 Å². The van der Waals surface area contributed by atoms with Crippen LogP contribution in [0.4, 0.5) is 17.6 Å². The van der Waals surface area contributed by atoms with E-state index in [0.717, 1.165) is 6.07 Å². The number of hydrogen-bond acceptors (Lipinski definition) is 5. The van der Waals surface area contributed by atoms with Crippen LogP contribution in [-0.4, -0.2) is 28.8 Å². The van der Waals surface area contributed by atoms with Crippen molar-refractivity contribution in [1.82, 2.24) is 9.97 Å². The minimum Gasteiger partial charge on any atom is -0.465 e. The maximum Gasteiger partial charge on any atom is 0.419 e. The van der Waals surface area contributed by atoms with Crippen molar-refractivity contribution in [2.24, 2.45) is 0 Å². The van der Waals surface area contributed by atoms with Crippen molar-refractivity contribution in [3.8, 4) is 22.9 Å². The molecule has 1 N–H and O–H groups in total. The van der Waals surface area contributed by atoms with E-state index in [1.165, 1.54) is 19.4 Å². The number of pyridine rings is 1. The van der Waals surface area contributed by atoms with Crippen molar-refractivity contribution in [3.63, 3.8) is 0 Å². The van der Waals surface area contributed by atoms with E-state index in [2.05, 4.69) is 9.97 Å². The third-order valence-corrected chi connectivity index (χ3v) is 5.41. The molecule has 10 heteroatoms. The first-order chi connectivity index (χ1) is 17.6. The van der Waals surface area contributed by atoms with Crippen molar-refractivity contribution in [1.29, 1.82) is 0 Å². The third kappa shape index (κ3) is 6.40. The number of Topliss-reactive ketones (excluding diaryl/α,β-unsaturated/α-hetero) is 1. The zero-order valence-electron chi connectivity index (χ0n) is 19.4. The van der Waals surface area contributed by atoms with Crippen LogP contribution in [0.15, 0.2) is 73.1 Å². The van der Waals surface area contributed by atoms with Crippen LogP contribution in [0.3, 0.4) is 0 Å². The highest BCUT2D eigenvalue weighted by Crippen LogP contribution is 2.32. The highest BCUT2D eigenvalue weighted by molar-refractivity contribution is 5.90. The molecule has 0 radical (unpaired) electrons. The molecular formula is C27H20F4N2O4. The van der Waals surface area contributed by atoms with Gasteiger partial charge in [-0.25, -0.2) is 9.18 Å². The Morgan fingerprint density at radius 1 is 0.919 bits per heavy atom. The van der Waals surface area contributed by atoms with Gasteiger partial charge in [0.25, 0.3) is 0 Å². The number of alkyl halides is 3. The second kappa shape index (κ2) is 10.7. The Morgan fingerprint density at radius 3 is 2.32 bits per heavy atom. The fourth-order valence-electron chi connectivity index (χ4n) is 3.63. The van der Waals surface area contributed by atoms with Gasteiger partial charge in [-0.1, -0.05) is 18.2 Å². The van der Waals surface area contributed by atoms with Crippen LogP contribution >= 0.6 is 0 Å². The molecule has 4 rings (SSSR count). The van der Waals surface area contributed by atoms with Crippen molar-refractivity contribution in [2.45, 2.75) is 19.0 Å². The molecule has 0 saturated heterocycles. The van der Waals surface area contributed by atoms with Crippen LogP contribution in [-0.2, 0) is 28.5 Å². The number of ether oxygens (including phenoxy) is 2. The fraction of sp³-hybridized carbons (Fsp3) is 0.148. The number of halogens is 4. The van der Waals surface area contributed by atoms with Crippen molar-refractivity contribution in [3.05, 3.63) is 101 Å². The number of H-pyrrole nitrogens is 1. The van der Waals surface area contributed by atoms with Gasteiger partial charge in [-0.05, 0) is 47.5 Å². The summed E-state index contributed by atoms with van der Waals surface area (Å²) in [5.74, 6) is -1.19. The van der Waals surface area contributed by atoms with Crippen molar-refractivity contribution >= 4 is 11.8 Å². The summed E-state index contributed by atoms with van der Waals surface area (Å²) in [7, 11) is 1.29. The Bertz CT molecular complexity index is 1430. The normalized spacial score (nSPS) is 11.3. The molecule has 190 valence electrons. The van der Waals surface area contributed by atoms with Gasteiger partial charge in [0.05, 0.1) is 29.6 Å². The van der Waals surface area contributed by atoms with Gasteiger partial charge >= 0.3 is 12.1 Å². The number of benzene rings is 2. The lowest BCUT2D eigenvalue weighted by atomic mass is 10.0. The lowest BCUT2D eigenvalue weighted by Crippen LogP contribution is -2.11. The summed E-state index contributed by atoms with van der Waals surface area (Å²) in [4.78, 5) is 31.3. The molecule has 2 aromatic heterocycles. The van der Waals surface area contributed by atoms with Gasteiger partial charge in [-0.2, -0.15) is 13.2 Å². The molecule has 37 heavy (non-hydrogen) atoms. The van der Waals surface area contributed by atoms with Gasteiger partial charge in [-0.15, -0.1) is 0 Å². The Hall–Kier alpha value is -4.47. The number of hydrogen-bond donors (Lipinski definition) is 1. The average Bonchev–Trinajstić information content (AvgIpc) is 3.36. The molecule has 0 fully saturated rings. The second-order valence-electron chi connectivity index (χ2n) is 8.12. The summed E-state index contributed by atoms with van der Waals surface area (Å²) in [6.07, 6.45) is -2.02. The summed E-state index contributed by atoms with van der Waals surface area (Å²) in [5, 5.41) is 0. The Labute approximate surface area is 208 Å². The second-order valence-corrected chi connectivity index (χ2v) is 8.12. The smallest absolute Gasteiger partial charge is 0.419 e. The maximum absolute atomic E-state index is 13.5. The van der Waals surface area contributed by atoms with Crippen molar-refractivity contribution < 1.29 is 36.6 Å². The van der Waals surface area contributed by atoms with Gasteiger partial charge in [0.1, 0.15) is 23.1 Å². The molecule has 2 heterocycles. The van der Waals surface area contributed by atoms with Crippen LogP contribution in [0.25, 0.3) is 11.4 Å². The standard InChI is InChI=1S/C27H20F4N2O4/c1-36-26(35)18-13-24(33-15-18)25-14-21(8-9-32-25)37-20-5-2-16(3-6-20)10-19(34)11-17-4-7-23(28)22(12-17)27(29,30)31/h2-9,12-15,33H,10-11H2,1H3. The minimum atomic E-state index is -4.83. The molecule has 0 saturated carbocycles. The summed E-state index contributed by atoms with van der Waals surface area (Å²) >= 11 is 0. The van der Waals surface area contributed by atoms with E-state index < -0.39 is 23.5 Å². The highest BCUT2D eigenvalue weighted by Gasteiger charge is 2.34. The van der Waals surface area contributed by atoms with Crippen LogP contribution in [0, 0.1) is 5.82 Å². The van der Waals surface area contributed by atoms with Crippen molar-refractivity contribution in [2.75, 3.05) is 7.11 Å². The molecule has 0 amide bonds. The molecule has 0 spiro atoms. The molecule has 6 nitrogen and oxygen atoms in total. The number of esters is 1. The molecule has 0 aliphatic heterocycles. The molecule has 0 aliphatic carbocycles. The zero-order valence-corrected chi connectivity index (χ0v) is 19.4. The van der Waals surface area contributed by atoms with E-state index in [0.29, 0.717) is 40.1 Å². The first kappa shape index (κ1) is 25.6. The number of aromatic nitrogens is 2. The number of rotatable bonds is 8. The topological polar surface area (TPSA) is 81.3 Å². The Balaban J connectivity index is 1.38. The number of ketones is 1. The molecule has 0 aliphatic rings. The number of carbonyl (C=O) groups excluding carboxylic acids is 2. The van der Waals surface area contributed by atoms with Crippen LogP contribution in [0.1, 0.15) is 27.0 Å². The van der Waals surface area contributed by atoms with Crippen LogP contribution in [0.2, 0.25) is 0 Å². The number of nitrogens with one attached hydrogen (secondary N) is 1. The van der Waals surface area contributed by atoms with Crippen LogP contribution < -0.4 is 4.74 Å². The molecule has 0 unspecified atom stereocenters. The lowest BCUT2D eigenvalue weighted by Gasteiger charge is -2.10. The van der Waals surface area contributed by atoms with Crippen LogP contribution in [0.5, 0.6) is 11.5 Å². The lowest BCUT2D eigenvalue weighted by molar-refractivity contribution is -0.140. The average molecular weight is 512 g/mol. The third-order valence-electron chi connectivity index (χ3n) is 5.41. The van der Waals surface area contributed by atoms with E-state index in [1.807, 2.05) is 0 Å². The van der Waals surface area contributed by atoms with Gasteiger partial charge in [0, 0.05) is 31.3 Å².